The minimum absolute atomic E-state index is 0.101. The van der Waals surface area contributed by atoms with Gasteiger partial charge in [-0.2, -0.15) is 18.4 Å². The molecule has 0 radical (unpaired) electrons. The Labute approximate surface area is 163 Å². The average Bonchev–Trinajstić information content (AvgIpc) is 2.64. The summed E-state index contributed by atoms with van der Waals surface area (Å²) in [5.41, 5.74) is 0.641. The van der Waals surface area contributed by atoms with Gasteiger partial charge in [-0.3, -0.25) is 0 Å². The number of rotatable bonds is 9. The molecule has 0 amide bonds. The molecule has 0 saturated carbocycles. The molecule has 2 aromatic carbocycles. The highest BCUT2D eigenvalue weighted by Crippen LogP contribution is 2.28. The predicted octanol–water partition coefficient (Wildman–Crippen LogP) is 3.46. The van der Waals surface area contributed by atoms with Crippen molar-refractivity contribution in [3.05, 3.63) is 47.0 Å². The van der Waals surface area contributed by atoms with Crippen molar-refractivity contribution in [2.45, 2.75) is 18.7 Å². The SMILES string of the molecule is CCOc1ccc(/C=N/NS(=O)(=O)c2cc(Cl)ccc2OC)cc1OCC. The van der Waals surface area contributed by atoms with Crippen LogP contribution < -0.4 is 19.0 Å². The second-order valence-electron chi connectivity index (χ2n) is 5.22. The van der Waals surface area contributed by atoms with Crippen LogP contribution >= 0.6 is 11.6 Å². The summed E-state index contributed by atoms with van der Waals surface area (Å²) in [6.07, 6.45) is 1.37. The van der Waals surface area contributed by atoms with E-state index in [0.717, 1.165) is 0 Å². The van der Waals surface area contributed by atoms with Gasteiger partial charge >= 0.3 is 0 Å². The van der Waals surface area contributed by atoms with E-state index in [0.29, 0.717) is 30.3 Å². The van der Waals surface area contributed by atoms with E-state index in [9.17, 15) is 8.42 Å². The van der Waals surface area contributed by atoms with E-state index in [4.69, 9.17) is 25.8 Å². The molecule has 0 aromatic heterocycles. The Balaban J connectivity index is 2.21. The monoisotopic (exact) mass is 412 g/mol. The molecule has 7 nitrogen and oxygen atoms in total. The number of sulfonamides is 1. The predicted molar refractivity (Wildman–Crippen MR) is 105 cm³/mol. The highest BCUT2D eigenvalue weighted by molar-refractivity contribution is 7.89. The molecule has 0 spiro atoms. The third kappa shape index (κ3) is 5.51. The summed E-state index contributed by atoms with van der Waals surface area (Å²) in [5.74, 6) is 1.34. The number of nitrogens with zero attached hydrogens (tertiary/aromatic N) is 1. The van der Waals surface area contributed by atoms with Crippen LogP contribution in [0.25, 0.3) is 0 Å². The van der Waals surface area contributed by atoms with Crippen LogP contribution in [-0.4, -0.2) is 35.0 Å². The Morgan fingerprint density at radius 3 is 2.37 bits per heavy atom. The Bertz CT molecular complexity index is 916. The molecular formula is C18H21ClN2O5S. The fourth-order valence-corrected chi connectivity index (χ4v) is 3.45. The quantitative estimate of drug-likeness (QED) is 0.503. The first-order chi connectivity index (χ1) is 12.9. The molecule has 0 unspecified atom stereocenters. The van der Waals surface area contributed by atoms with Crippen LogP contribution in [0, 0.1) is 0 Å². The number of benzene rings is 2. The van der Waals surface area contributed by atoms with E-state index in [2.05, 4.69) is 9.93 Å². The van der Waals surface area contributed by atoms with Gasteiger partial charge in [-0.25, -0.2) is 0 Å². The second kappa shape index (κ2) is 9.48. The molecule has 0 aliphatic rings. The molecule has 27 heavy (non-hydrogen) atoms. The molecule has 146 valence electrons. The van der Waals surface area contributed by atoms with E-state index in [-0.39, 0.29) is 15.7 Å². The first kappa shape index (κ1) is 20.9. The van der Waals surface area contributed by atoms with Gasteiger partial charge in [0.25, 0.3) is 10.0 Å². The summed E-state index contributed by atoms with van der Waals surface area (Å²) < 4.78 is 41.0. The fraction of sp³-hybridized carbons (Fsp3) is 0.278. The topological polar surface area (TPSA) is 86.2 Å². The summed E-state index contributed by atoms with van der Waals surface area (Å²) in [5, 5.41) is 4.08. The summed E-state index contributed by atoms with van der Waals surface area (Å²) in [4.78, 5) is 2.05. The number of ether oxygens (including phenoxy) is 3. The highest BCUT2D eigenvalue weighted by Gasteiger charge is 2.19. The lowest BCUT2D eigenvalue weighted by Gasteiger charge is -2.11. The molecule has 0 saturated heterocycles. The van der Waals surface area contributed by atoms with Crippen molar-refractivity contribution in [1.29, 1.82) is 0 Å². The zero-order valence-corrected chi connectivity index (χ0v) is 16.8. The normalized spacial score (nSPS) is 11.4. The number of methoxy groups -OCH3 is 1. The molecular weight excluding hydrogens is 392 g/mol. The number of halogens is 1. The van der Waals surface area contributed by atoms with Crippen molar-refractivity contribution in [3.8, 4) is 17.2 Å². The van der Waals surface area contributed by atoms with Crippen LogP contribution in [0.1, 0.15) is 19.4 Å². The van der Waals surface area contributed by atoms with E-state index in [1.54, 1.807) is 18.2 Å². The average molecular weight is 413 g/mol. The van der Waals surface area contributed by atoms with Gasteiger partial charge in [0.1, 0.15) is 10.6 Å². The van der Waals surface area contributed by atoms with Crippen LogP contribution in [0.4, 0.5) is 0 Å². The molecule has 2 rings (SSSR count). The van der Waals surface area contributed by atoms with E-state index < -0.39 is 10.0 Å². The van der Waals surface area contributed by atoms with E-state index in [1.165, 1.54) is 31.5 Å². The Morgan fingerprint density at radius 1 is 1.04 bits per heavy atom. The van der Waals surface area contributed by atoms with Crippen LogP contribution in [0.3, 0.4) is 0 Å². The third-order valence-electron chi connectivity index (χ3n) is 3.37. The number of nitrogens with one attached hydrogen (secondary N) is 1. The third-order valence-corrected chi connectivity index (χ3v) is 4.85. The molecule has 0 atom stereocenters. The second-order valence-corrected chi connectivity index (χ2v) is 7.29. The van der Waals surface area contributed by atoms with E-state index in [1.807, 2.05) is 13.8 Å². The van der Waals surface area contributed by atoms with Gasteiger partial charge < -0.3 is 14.2 Å². The first-order valence-electron chi connectivity index (χ1n) is 8.19. The summed E-state index contributed by atoms with van der Waals surface area (Å²) in [6, 6.07) is 9.50. The highest BCUT2D eigenvalue weighted by atomic mass is 35.5. The van der Waals surface area contributed by atoms with Crippen molar-refractivity contribution >= 4 is 27.8 Å². The first-order valence-corrected chi connectivity index (χ1v) is 10.1. The number of hydrogen-bond acceptors (Lipinski definition) is 6. The largest absolute Gasteiger partial charge is 0.495 e. The van der Waals surface area contributed by atoms with Crippen LogP contribution in [0.5, 0.6) is 17.2 Å². The van der Waals surface area contributed by atoms with Gasteiger partial charge in [0, 0.05) is 5.02 Å². The molecule has 1 N–H and O–H groups in total. The minimum Gasteiger partial charge on any atom is -0.495 e. The summed E-state index contributed by atoms with van der Waals surface area (Å²) in [6.45, 7) is 4.73. The van der Waals surface area contributed by atoms with Gasteiger partial charge in [-0.15, -0.1) is 0 Å². The Morgan fingerprint density at radius 2 is 1.70 bits per heavy atom. The van der Waals surface area contributed by atoms with Crippen molar-refractivity contribution in [1.82, 2.24) is 4.83 Å². The van der Waals surface area contributed by atoms with Gasteiger partial charge in [-0.1, -0.05) is 11.6 Å². The molecule has 0 bridgehead atoms. The molecule has 0 fully saturated rings. The van der Waals surface area contributed by atoms with Crippen molar-refractivity contribution in [2.75, 3.05) is 20.3 Å². The molecule has 0 aliphatic carbocycles. The summed E-state index contributed by atoms with van der Waals surface area (Å²) >= 11 is 5.89. The zero-order valence-electron chi connectivity index (χ0n) is 15.2. The van der Waals surface area contributed by atoms with Gasteiger partial charge in [0.05, 0.1) is 26.5 Å². The minimum atomic E-state index is -3.95. The van der Waals surface area contributed by atoms with Gasteiger partial charge in [0.2, 0.25) is 0 Å². The lowest BCUT2D eigenvalue weighted by atomic mass is 10.2. The van der Waals surface area contributed by atoms with Crippen LogP contribution in [0.15, 0.2) is 46.4 Å². The van der Waals surface area contributed by atoms with Crippen LogP contribution in [-0.2, 0) is 10.0 Å². The lowest BCUT2D eigenvalue weighted by molar-refractivity contribution is 0.288. The van der Waals surface area contributed by atoms with Gasteiger partial charge in [0.15, 0.2) is 11.5 Å². The maximum absolute atomic E-state index is 12.5. The molecule has 0 heterocycles. The molecule has 0 aliphatic heterocycles. The van der Waals surface area contributed by atoms with Crippen molar-refractivity contribution < 1.29 is 22.6 Å². The summed E-state index contributed by atoms with van der Waals surface area (Å²) in [7, 11) is -2.57. The fourth-order valence-electron chi connectivity index (χ4n) is 2.23. The smallest absolute Gasteiger partial charge is 0.280 e. The van der Waals surface area contributed by atoms with E-state index >= 15 is 0 Å². The Kier molecular flexibility index (Phi) is 7.32. The number of hydrogen-bond donors (Lipinski definition) is 1. The maximum atomic E-state index is 12.5. The molecule has 2 aromatic rings. The number of hydrazone groups is 1. The zero-order chi connectivity index (χ0) is 19.9. The maximum Gasteiger partial charge on any atom is 0.280 e. The molecule has 9 heteroatoms. The lowest BCUT2D eigenvalue weighted by Crippen LogP contribution is -2.19. The van der Waals surface area contributed by atoms with Crippen molar-refractivity contribution in [3.63, 3.8) is 0 Å². The van der Waals surface area contributed by atoms with Gasteiger partial charge in [-0.05, 0) is 55.8 Å². The van der Waals surface area contributed by atoms with Crippen LogP contribution in [0.2, 0.25) is 5.02 Å². The van der Waals surface area contributed by atoms with Crippen molar-refractivity contribution in [2.24, 2.45) is 5.10 Å². The standard InChI is InChI=1S/C18H21ClN2O5S/c1-4-25-15-8-6-13(10-17(15)26-5-2)12-20-21-27(22,23)18-11-14(19)7-9-16(18)24-3/h6-12,21H,4-5H2,1-3H3/b20-12+. The Hall–Kier alpha value is -2.45.